The molecule has 0 amide bonds. The fraction of sp³-hybridized carbons (Fsp3) is 0.684. The average Bonchev–Trinajstić information content (AvgIpc) is 2.43. The molecule has 0 spiro atoms. The molecule has 21 heavy (non-hydrogen) atoms. The molecule has 2 unspecified atom stereocenters. The van der Waals surface area contributed by atoms with Crippen molar-refractivity contribution in [3.05, 3.63) is 35.4 Å². The molecule has 2 heteroatoms. The Morgan fingerprint density at radius 2 is 1.57 bits per heavy atom. The van der Waals surface area contributed by atoms with Crippen LogP contribution in [-0.4, -0.2) is 37.6 Å². The number of nitrogens with one attached hydrogen (secondary N) is 1. The highest BCUT2D eigenvalue weighted by atomic mass is 15.2. The van der Waals surface area contributed by atoms with Crippen LogP contribution in [0.25, 0.3) is 0 Å². The molecular weight excluding hydrogens is 256 g/mol. The molecule has 1 N–H and O–H groups in total. The molecule has 0 fully saturated rings. The number of hydrogen-bond acceptors (Lipinski definition) is 2. The molecule has 1 rings (SSSR count). The van der Waals surface area contributed by atoms with Gasteiger partial charge in [-0.1, -0.05) is 52.0 Å². The summed E-state index contributed by atoms with van der Waals surface area (Å²) >= 11 is 0. The van der Waals surface area contributed by atoms with E-state index < -0.39 is 0 Å². The highest BCUT2D eigenvalue weighted by Crippen LogP contribution is 2.26. The van der Waals surface area contributed by atoms with Gasteiger partial charge >= 0.3 is 0 Å². The minimum Gasteiger partial charge on any atom is -0.315 e. The van der Waals surface area contributed by atoms with Crippen LogP contribution in [0.2, 0.25) is 0 Å². The first-order chi connectivity index (χ1) is 9.65. The second-order valence-electron chi connectivity index (χ2n) is 7.60. The van der Waals surface area contributed by atoms with Crippen molar-refractivity contribution in [1.82, 2.24) is 10.2 Å². The Kier molecular flexibility index (Phi) is 6.01. The first-order valence-corrected chi connectivity index (χ1v) is 8.09. The largest absolute Gasteiger partial charge is 0.315 e. The van der Waals surface area contributed by atoms with Gasteiger partial charge in [-0.05, 0) is 57.5 Å². The summed E-state index contributed by atoms with van der Waals surface area (Å²) in [5, 5.41) is 3.53. The van der Waals surface area contributed by atoms with Gasteiger partial charge in [-0.15, -0.1) is 0 Å². The topological polar surface area (TPSA) is 15.3 Å². The third-order valence-electron chi connectivity index (χ3n) is 5.10. The van der Waals surface area contributed by atoms with E-state index in [9.17, 15) is 0 Å². The maximum absolute atomic E-state index is 3.53. The van der Waals surface area contributed by atoms with Crippen LogP contribution in [0.15, 0.2) is 24.3 Å². The Bertz CT molecular complexity index is 428. The maximum atomic E-state index is 3.53. The molecule has 1 aromatic carbocycles. The normalized spacial score (nSPS) is 16.8. The lowest BCUT2D eigenvalue weighted by atomic mass is 9.83. The molecular formula is C19H34N2. The molecule has 0 saturated heterocycles. The summed E-state index contributed by atoms with van der Waals surface area (Å²) in [4.78, 5) is 2.34. The van der Waals surface area contributed by atoms with Gasteiger partial charge < -0.3 is 10.2 Å². The first kappa shape index (κ1) is 18.2. The Hall–Kier alpha value is -0.860. The van der Waals surface area contributed by atoms with Gasteiger partial charge in [-0.2, -0.15) is 0 Å². The van der Waals surface area contributed by atoms with Crippen LogP contribution in [0.1, 0.15) is 52.2 Å². The lowest BCUT2D eigenvalue weighted by Gasteiger charge is -2.43. The number of likely N-dealkylation sites (N-methyl/N-ethyl adjacent to an activating group) is 2. The van der Waals surface area contributed by atoms with Crippen molar-refractivity contribution in [1.29, 1.82) is 0 Å². The minimum absolute atomic E-state index is 0.164. The minimum atomic E-state index is 0.164. The zero-order valence-corrected chi connectivity index (χ0v) is 15.2. The summed E-state index contributed by atoms with van der Waals surface area (Å²) in [7, 11) is 6.43. The summed E-state index contributed by atoms with van der Waals surface area (Å²) in [6, 6.07) is 9.58. The highest BCUT2D eigenvalue weighted by Gasteiger charge is 2.33. The second-order valence-corrected chi connectivity index (χ2v) is 7.60. The fourth-order valence-corrected chi connectivity index (χ4v) is 2.88. The quantitative estimate of drug-likeness (QED) is 0.856. The van der Waals surface area contributed by atoms with Crippen molar-refractivity contribution in [2.75, 3.05) is 21.1 Å². The third kappa shape index (κ3) is 4.31. The zero-order valence-electron chi connectivity index (χ0n) is 15.2. The lowest BCUT2D eigenvalue weighted by molar-refractivity contribution is 0.116. The van der Waals surface area contributed by atoms with Crippen molar-refractivity contribution in [2.45, 2.75) is 64.5 Å². The average molecular weight is 290 g/mol. The van der Waals surface area contributed by atoms with E-state index in [-0.39, 0.29) is 11.0 Å². The van der Waals surface area contributed by atoms with Gasteiger partial charge in [0.1, 0.15) is 0 Å². The third-order valence-corrected chi connectivity index (χ3v) is 5.10. The number of nitrogens with zero attached hydrogens (tertiary/aromatic N) is 1. The molecule has 0 aliphatic rings. The summed E-state index contributed by atoms with van der Waals surface area (Å²) < 4.78 is 0. The molecule has 0 heterocycles. The summed E-state index contributed by atoms with van der Waals surface area (Å²) in [6.07, 6.45) is 2.19. The van der Waals surface area contributed by atoms with Crippen LogP contribution in [-0.2, 0) is 11.8 Å². The van der Waals surface area contributed by atoms with Crippen molar-refractivity contribution in [3.63, 3.8) is 0 Å². The van der Waals surface area contributed by atoms with Crippen molar-refractivity contribution >= 4 is 0 Å². The molecule has 0 aromatic heterocycles. The van der Waals surface area contributed by atoms with E-state index >= 15 is 0 Å². The van der Waals surface area contributed by atoms with Crippen molar-refractivity contribution in [3.8, 4) is 0 Å². The predicted octanol–water partition coefficient (Wildman–Crippen LogP) is 3.84. The Morgan fingerprint density at radius 3 is 1.90 bits per heavy atom. The van der Waals surface area contributed by atoms with E-state index in [2.05, 4.69) is 90.2 Å². The van der Waals surface area contributed by atoms with E-state index in [4.69, 9.17) is 0 Å². The Morgan fingerprint density at radius 1 is 1.05 bits per heavy atom. The summed E-state index contributed by atoms with van der Waals surface area (Å²) in [5.74, 6) is 0. The molecule has 2 nitrogen and oxygen atoms in total. The molecule has 0 radical (unpaired) electrons. The van der Waals surface area contributed by atoms with E-state index in [0.717, 1.165) is 12.8 Å². The SMILES string of the molecule is CCC(C)(C(Cc1ccc(C(C)(C)C)cc1)NC)N(C)C. The zero-order chi connectivity index (χ0) is 16.3. The first-order valence-electron chi connectivity index (χ1n) is 8.09. The van der Waals surface area contributed by atoms with Gasteiger partial charge in [0.15, 0.2) is 0 Å². The second kappa shape index (κ2) is 6.93. The highest BCUT2D eigenvalue weighted by molar-refractivity contribution is 5.28. The van der Waals surface area contributed by atoms with Crippen LogP contribution in [0.5, 0.6) is 0 Å². The van der Waals surface area contributed by atoms with Gasteiger partial charge in [0.05, 0.1) is 0 Å². The van der Waals surface area contributed by atoms with Crippen molar-refractivity contribution in [2.24, 2.45) is 0 Å². The van der Waals surface area contributed by atoms with Gasteiger partial charge in [0.25, 0.3) is 0 Å². The van der Waals surface area contributed by atoms with E-state index in [1.807, 2.05) is 0 Å². The molecule has 2 atom stereocenters. The van der Waals surface area contributed by atoms with Crippen LogP contribution < -0.4 is 5.32 Å². The van der Waals surface area contributed by atoms with E-state index in [1.54, 1.807) is 0 Å². The summed E-state index contributed by atoms with van der Waals surface area (Å²) in [6.45, 7) is 11.4. The van der Waals surface area contributed by atoms with E-state index in [1.165, 1.54) is 11.1 Å². The van der Waals surface area contributed by atoms with Crippen molar-refractivity contribution < 1.29 is 0 Å². The van der Waals surface area contributed by atoms with Crippen LogP contribution >= 0.6 is 0 Å². The summed E-state index contributed by atoms with van der Waals surface area (Å²) in [5.41, 5.74) is 3.20. The smallest absolute Gasteiger partial charge is 0.0328 e. The van der Waals surface area contributed by atoms with Crippen LogP contribution in [0.3, 0.4) is 0 Å². The number of benzene rings is 1. The molecule has 0 bridgehead atoms. The number of rotatable bonds is 6. The lowest BCUT2D eigenvalue weighted by Crippen LogP contribution is -2.56. The predicted molar refractivity (Wildman–Crippen MR) is 94.1 cm³/mol. The van der Waals surface area contributed by atoms with Gasteiger partial charge in [-0.25, -0.2) is 0 Å². The molecule has 1 aromatic rings. The standard InChI is InChI=1S/C19H34N2/c1-9-19(5,21(7)8)17(20-6)14-15-10-12-16(13-11-15)18(2,3)4/h10-13,17,20H,9,14H2,1-8H3. The van der Waals surface area contributed by atoms with Crippen LogP contribution in [0, 0.1) is 0 Å². The maximum Gasteiger partial charge on any atom is 0.0328 e. The number of hydrogen-bond donors (Lipinski definition) is 1. The van der Waals surface area contributed by atoms with E-state index in [0.29, 0.717) is 6.04 Å². The monoisotopic (exact) mass is 290 g/mol. The molecule has 0 saturated carbocycles. The van der Waals surface area contributed by atoms with Gasteiger partial charge in [0.2, 0.25) is 0 Å². The molecule has 120 valence electrons. The Balaban J connectivity index is 2.92. The molecule has 0 aliphatic carbocycles. The van der Waals surface area contributed by atoms with Gasteiger partial charge in [-0.3, -0.25) is 0 Å². The van der Waals surface area contributed by atoms with Crippen LogP contribution in [0.4, 0.5) is 0 Å². The fourth-order valence-electron chi connectivity index (χ4n) is 2.88. The molecule has 0 aliphatic heterocycles. The Labute approximate surface area is 131 Å². The van der Waals surface area contributed by atoms with Gasteiger partial charge in [0, 0.05) is 11.6 Å².